The van der Waals surface area contributed by atoms with E-state index in [0.717, 1.165) is 25.3 Å². The van der Waals surface area contributed by atoms with Gasteiger partial charge in [0.05, 0.1) is 0 Å². The number of fused-ring (bicyclic) bond motifs is 1. The zero-order valence-corrected chi connectivity index (χ0v) is 14.5. The molecule has 0 saturated heterocycles. The highest BCUT2D eigenvalue weighted by Crippen LogP contribution is 2.48. The molecule has 0 radical (unpaired) electrons. The van der Waals surface area contributed by atoms with E-state index in [9.17, 15) is 39.8 Å². The first-order valence-electron chi connectivity index (χ1n) is 7.24. The lowest BCUT2D eigenvalue weighted by molar-refractivity contribution is 0.325. The van der Waals surface area contributed by atoms with Crippen molar-refractivity contribution in [3.63, 3.8) is 0 Å². The lowest BCUT2D eigenvalue weighted by atomic mass is 10.1. The second-order valence-corrected chi connectivity index (χ2v) is 7.33. The highest BCUT2D eigenvalue weighted by atomic mass is 31.2. The van der Waals surface area contributed by atoms with Gasteiger partial charge in [-0.25, -0.2) is 0 Å². The maximum absolute atomic E-state index is 12.5. The molecule has 27 heavy (non-hydrogen) atoms. The maximum atomic E-state index is 12.5. The molecule has 0 aliphatic heterocycles. The zero-order valence-electron chi connectivity index (χ0n) is 13.6. The van der Waals surface area contributed by atoms with Gasteiger partial charge in [0.2, 0.25) is 11.2 Å². The summed E-state index contributed by atoms with van der Waals surface area (Å²) in [5.74, 6) is -4.34. The van der Waals surface area contributed by atoms with Crippen LogP contribution in [0.2, 0.25) is 0 Å². The Balaban J connectivity index is 2.39. The Bertz CT molecular complexity index is 1180. The van der Waals surface area contributed by atoms with Crippen molar-refractivity contribution < 1.29 is 43.9 Å². The summed E-state index contributed by atoms with van der Waals surface area (Å²) in [6.45, 7) is 0. The average molecular weight is 396 g/mol. The quantitative estimate of drug-likeness (QED) is 0.280. The molecule has 0 amide bonds. The van der Waals surface area contributed by atoms with E-state index in [2.05, 4.69) is 4.52 Å². The molecule has 10 nitrogen and oxygen atoms in total. The Morgan fingerprint density at radius 3 is 2.22 bits per heavy atom. The molecule has 1 heterocycles. The van der Waals surface area contributed by atoms with Gasteiger partial charge in [0.1, 0.15) is 27.8 Å². The van der Waals surface area contributed by atoms with Gasteiger partial charge in [0.25, 0.3) is 0 Å². The normalized spacial score (nSPS) is 13.6. The Morgan fingerprint density at radius 1 is 0.963 bits per heavy atom. The molecule has 142 valence electrons. The minimum atomic E-state index is -4.65. The number of rotatable bonds is 3. The first-order valence-corrected chi connectivity index (χ1v) is 8.82. The van der Waals surface area contributed by atoms with Gasteiger partial charge in [-0.1, -0.05) is 0 Å². The summed E-state index contributed by atoms with van der Waals surface area (Å²) >= 11 is 0. The van der Waals surface area contributed by atoms with Crippen LogP contribution in [0.4, 0.5) is 0 Å². The lowest BCUT2D eigenvalue weighted by Gasteiger charge is -2.14. The smallest absolute Gasteiger partial charge is 0.366 e. The topological polar surface area (TPSA) is 178 Å². The largest absolute Gasteiger partial charge is 0.507 e. The molecule has 2 aromatic carbocycles. The molecule has 1 unspecified atom stereocenters. The molecular formula is C16H13O10P. The molecular weight excluding hydrogens is 383 g/mol. The van der Waals surface area contributed by atoms with Crippen molar-refractivity contribution >= 4 is 23.9 Å². The number of hydrogen-bond acceptors (Lipinski definition) is 9. The van der Waals surface area contributed by atoms with Crippen molar-refractivity contribution in [1.82, 2.24) is 0 Å². The summed E-state index contributed by atoms with van der Waals surface area (Å²) in [4.78, 5) is 22.2. The van der Waals surface area contributed by atoms with E-state index in [1.807, 2.05) is 0 Å². The summed E-state index contributed by atoms with van der Waals surface area (Å²) in [5.41, 5.74) is -1.56. The highest BCUT2D eigenvalue weighted by Gasteiger charge is 2.33. The predicted octanol–water partition coefficient (Wildman–Crippen LogP) is 1.45. The average Bonchev–Trinajstić information content (AvgIpc) is 2.60. The van der Waals surface area contributed by atoms with E-state index in [1.165, 1.54) is 6.07 Å². The van der Waals surface area contributed by atoms with E-state index in [4.69, 9.17) is 4.42 Å². The molecule has 11 heteroatoms. The molecule has 1 aromatic heterocycles. The summed E-state index contributed by atoms with van der Waals surface area (Å²) < 4.78 is 21.7. The number of phenols is 4. The molecule has 0 fully saturated rings. The fraction of sp³-hybridized carbons (Fsp3) is 0.0625. The Labute approximate surface area is 150 Å². The van der Waals surface area contributed by atoms with Crippen molar-refractivity contribution in [1.29, 1.82) is 0 Å². The fourth-order valence-electron chi connectivity index (χ4n) is 2.53. The van der Waals surface area contributed by atoms with Crippen LogP contribution in [-0.4, -0.2) is 37.5 Å². The van der Waals surface area contributed by atoms with Crippen molar-refractivity contribution in [3.8, 4) is 40.1 Å². The van der Waals surface area contributed by atoms with Gasteiger partial charge >= 0.3 is 7.60 Å². The van der Waals surface area contributed by atoms with E-state index < -0.39 is 63.8 Å². The number of phenolic OH excluding ortho intramolecular Hbond substituents is 4. The highest BCUT2D eigenvalue weighted by molar-refractivity contribution is 7.61. The number of benzene rings is 2. The van der Waals surface area contributed by atoms with Gasteiger partial charge in [-0.2, -0.15) is 0 Å². The number of aromatic hydroxyl groups is 5. The van der Waals surface area contributed by atoms with Crippen LogP contribution >= 0.6 is 7.60 Å². The minimum Gasteiger partial charge on any atom is -0.507 e. The van der Waals surface area contributed by atoms with Crippen LogP contribution in [0.15, 0.2) is 33.5 Å². The van der Waals surface area contributed by atoms with Crippen LogP contribution in [0.3, 0.4) is 0 Å². The second-order valence-electron chi connectivity index (χ2n) is 5.48. The minimum absolute atomic E-state index is 0.00887. The SMILES string of the molecule is COP(=O)(O)c1c(O)cc2oc(-c3ccc(O)c(O)c3)c(O)c(=O)c2c1O. The van der Waals surface area contributed by atoms with Crippen molar-refractivity contribution in [3.05, 3.63) is 34.5 Å². The summed E-state index contributed by atoms with van der Waals surface area (Å²) in [7, 11) is -3.78. The Hall–Kier alpha value is -3.20. The van der Waals surface area contributed by atoms with E-state index in [-0.39, 0.29) is 5.56 Å². The van der Waals surface area contributed by atoms with Gasteiger partial charge < -0.3 is 39.4 Å². The first kappa shape index (κ1) is 18.6. The van der Waals surface area contributed by atoms with Crippen LogP contribution in [0.1, 0.15) is 0 Å². The van der Waals surface area contributed by atoms with Gasteiger partial charge in [-0.05, 0) is 18.2 Å². The molecule has 0 spiro atoms. The van der Waals surface area contributed by atoms with Crippen molar-refractivity contribution in [2.24, 2.45) is 0 Å². The zero-order chi connectivity index (χ0) is 20.1. The molecule has 1 atom stereocenters. The van der Waals surface area contributed by atoms with Gasteiger partial charge in [-0.15, -0.1) is 0 Å². The van der Waals surface area contributed by atoms with Crippen LogP contribution in [0.5, 0.6) is 28.7 Å². The summed E-state index contributed by atoms with van der Waals surface area (Å²) in [6.07, 6.45) is 0. The first-order chi connectivity index (χ1) is 12.6. The molecule has 3 rings (SSSR count). The van der Waals surface area contributed by atoms with E-state index in [0.29, 0.717) is 0 Å². The third kappa shape index (κ3) is 2.85. The van der Waals surface area contributed by atoms with E-state index >= 15 is 0 Å². The Morgan fingerprint density at radius 2 is 1.63 bits per heavy atom. The molecule has 0 aliphatic carbocycles. The molecule has 0 saturated carbocycles. The van der Waals surface area contributed by atoms with Gasteiger partial charge in [-0.3, -0.25) is 9.36 Å². The molecule has 3 aromatic rings. The standard InChI is InChI=1S/C16H13O10P/c1-25-27(23,24)16-9(19)5-10-11(13(16)21)12(20)14(22)15(26-10)6-2-3-7(17)8(18)4-6/h2-5,17-19,21-22H,1H3,(H,23,24). The van der Waals surface area contributed by atoms with Gasteiger partial charge in [0.15, 0.2) is 17.3 Å². The summed E-state index contributed by atoms with van der Waals surface area (Å²) in [6, 6.07) is 4.14. The van der Waals surface area contributed by atoms with Crippen LogP contribution in [0.25, 0.3) is 22.3 Å². The van der Waals surface area contributed by atoms with E-state index in [1.54, 1.807) is 0 Å². The Kier molecular flexibility index (Phi) is 4.27. The third-order valence-corrected chi connectivity index (χ3v) is 5.36. The molecule has 6 N–H and O–H groups in total. The molecule has 0 bridgehead atoms. The summed E-state index contributed by atoms with van der Waals surface area (Å²) in [5, 5.41) is 47.7. The van der Waals surface area contributed by atoms with Crippen LogP contribution < -0.4 is 10.7 Å². The second kappa shape index (κ2) is 6.20. The van der Waals surface area contributed by atoms with Gasteiger partial charge in [0, 0.05) is 18.7 Å². The van der Waals surface area contributed by atoms with Crippen molar-refractivity contribution in [2.75, 3.05) is 7.11 Å². The fourth-order valence-corrected chi connectivity index (χ4v) is 3.45. The number of hydrogen-bond donors (Lipinski definition) is 6. The monoisotopic (exact) mass is 396 g/mol. The third-order valence-electron chi connectivity index (χ3n) is 3.85. The molecule has 0 aliphatic rings. The van der Waals surface area contributed by atoms with Crippen molar-refractivity contribution in [2.45, 2.75) is 0 Å². The maximum Gasteiger partial charge on any atom is 0.366 e. The van der Waals surface area contributed by atoms with Crippen LogP contribution in [0, 0.1) is 0 Å². The predicted molar refractivity (Wildman–Crippen MR) is 92.7 cm³/mol. The lowest BCUT2D eigenvalue weighted by Crippen LogP contribution is -2.12. The van der Waals surface area contributed by atoms with Crippen LogP contribution in [-0.2, 0) is 9.09 Å².